The van der Waals surface area contributed by atoms with Crippen LogP contribution in [0.3, 0.4) is 0 Å². The maximum absolute atomic E-state index is 4.90. The summed E-state index contributed by atoms with van der Waals surface area (Å²) >= 11 is 0. The van der Waals surface area contributed by atoms with E-state index in [1.807, 2.05) is 13.8 Å². The van der Waals surface area contributed by atoms with Crippen molar-refractivity contribution in [2.45, 2.75) is 46.1 Å². The van der Waals surface area contributed by atoms with Crippen molar-refractivity contribution >= 4 is 6.21 Å². The minimum Gasteiger partial charge on any atom is -0.393 e. The maximum atomic E-state index is 4.90. The Morgan fingerprint density at radius 1 is 1.50 bits per heavy atom. The summed E-state index contributed by atoms with van der Waals surface area (Å²) in [6.45, 7) is 6.04. The number of unbranched alkanes of at least 4 members (excludes halogenated alkanes) is 2. The second-order valence-electron chi connectivity index (χ2n) is 2.51. The predicted molar refractivity (Wildman–Crippen MR) is 43.2 cm³/mol. The third-order valence-electron chi connectivity index (χ3n) is 0.970. The summed E-state index contributed by atoms with van der Waals surface area (Å²) in [5, 5.41) is 3.66. The van der Waals surface area contributed by atoms with Crippen molar-refractivity contribution in [3.63, 3.8) is 0 Å². The van der Waals surface area contributed by atoms with Gasteiger partial charge in [0.15, 0.2) is 0 Å². The van der Waals surface area contributed by atoms with Crippen LogP contribution < -0.4 is 0 Å². The van der Waals surface area contributed by atoms with E-state index in [-0.39, 0.29) is 6.10 Å². The fourth-order valence-corrected chi connectivity index (χ4v) is 0.444. The molecule has 0 aliphatic carbocycles. The molecule has 0 bridgehead atoms. The first-order valence-corrected chi connectivity index (χ1v) is 3.86. The molecule has 0 rings (SSSR count). The lowest BCUT2D eigenvalue weighted by molar-refractivity contribution is 0.0868. The van der Waals surface area contributed by atoms with Crippen LogP contribution >= 0.6 is 0 Å². The van der Waals surface area contributed by atoms with Crippen LogP contribution in [0.4, 0.5) is 0 Å². The first kappa shape index (κ1) is 9.47. The molecule has 0 aromatic rings. The van der Waals surface area contributed by atoms with E-state index in [2.05, 4.69) is 18.3 Å². The summed E-state index contributed by atoms with van der Waals surface area (Å²) in [6.07, 6.45) is 6.23. The average molecular weight is 142 g/mol. The van der Waals surface area contributed by atoms with Crippen LogP contribution in [-0.2, 0) is 4.84 Å². The molecule has 0 aliphatic rings. The van der Waals surface area contributed by atoms with Crippen LogP contribution in [0.2, 0.25) is 0 Å². The molecule has 0 aliphatic heterocycles. The average Bonchev–Trinajstić information content (AvgIpc) is 1.87. The van der Waals surface area contributed by atoms with Gasteiger partial charge in [0.1, 0.15) is 12.3 Å². The third-order valence-corrected chi connectivity index (χ3v) is 0.970. The highest BCUT2D eigenvalue weighted by Gasteiger charge is 1.86. The van der Waals surface area contributed by atoms with E-state index in [0.29, 0.717) is 0 Å². The second-order valence-corrected chi connectivity index (χ2v) is 2.51. The summed E-state index contributed by atoms with van der Waals surface area (Å²) < 4.78 is 0. The second kappa shape index (κ2) is 6.59. The Kier molecular flexibility index (Phi) is 6.24. The highest BCUT2D eigenvalue weighted by Crippen LogP contribution is 1.91. The van der Waals surface area contributed by atoms with Crippen molar-refractivity contribution < 1.29 is 4.84 Å². The van der Waals surface area contributed by atoms with E-state index in [1.165, 1.54) is 6.42 Å². The Labute approximate surface area is 63.3 Å². The number of rotatable bonds is 5. The smallest absolute Gasteiger partial charge is 0.122 e. The summed E-state index contributed by atoms with van der Waals surface area (Å²) in [5.74, 6) is 0. The SMILES string of the molecule is CCCC/[C]=N\OC(C)C. The van der Waals surface area contributed by atoms with Gasteiger partial charge in [-0.25, -0.2) is 0 Å². The summed E-state index contributed by atoms with van der Waals surface area (Å²) in [4.78, 5) is 4.90. The Balaban J connectivity index is 3.04. The predicted octanol–water partition coefficient (Wildman–Crippen LogP) is 2.46. The highest BCUT2D eigenvalue weighted by molar-refractivity contribution is 5.56. The molecule has 0 N–H and O–H groups in total. The van der Waals surface area contributed by atoms with E-state index < -0.39 is 0 Å². The molecule has 0 heterocycles. The quantitative estimate of drug-likeness (QED) is 0.328. The van der Waals surface area contributed by atoms with Crippen molar-refractivity contribution in [3.8, 4) is 0 Å². The third kappa shape index (κ3) is 7.47. The Morgan fingerprint density at radius 3 is 2.70 bits per heavy atom. The molecule has 0 saturated heterocycles. The molecule has 2 nitrogen and oxygen atoms in total. The standard InChI is InChI=1S/C8H16NO/c1-4-5-6-7-9-10-8(2)3/h8H,4-6H2,1-3H3. The molecule has 0 saturated carbocycles. The fourth-order valence-electron chi connectivity index (χ4n) is 0.444. The van der Waals surface area contributed by atoms with Gasteiger partial charge < -0.3 is 4.84 Å². The van der Waals surface area contributed by atoms with Crippen molar-refractivity contribution in [2.24, 2.45) is 5.16 Å². The van der Waals surface area contributed by atoms with Crippen LogP contribution in [-0.4, -0.2) is 12.3 Å². The molecular formula is C8H16NO. The van der Waals surface area contributed by atoms with Crippen molar-refractivity contribution in [1.29, 1.82) is 0 Å². The zero-order valence-corrected chi connectivity index (χ0v) is 7.05. The Bertz CT molecular complexity index is 89.3. The van der Waals surface area contributed by atoms with Crippen LogP contribution in [0, 0.1) is 0 Å². The summed E-state index contributed by atoms with van der Waals surface area (Å²) in [5.41, 5.74) is 0. The topological polar surface area (TPSA) is 21.6 Å². The van der Waals surface area contributed by atoms with E-state index in [4.69, 9.17) is 4.84 Å². The van der Waals surface area contributed by atoms with E-state index in [9.17, 15) is 0 Å². The minimum absolute atomic E-state index is 0.175. The maximum Gasteiger partial charge on any atom is 0.122 e. The Morgan fingerprint density at radius 2 is 2.20 bits per heavy atom. The highest BCUT2D eigenvalue weighted by atomic mass is 16.6. The number of nitrogens with zero attached hydrogens (tertiary/aromatic N) is 1. The van der Waals surface area contributed by atoms with Crippen molar-refractivity contribution in [2.75, 3.05) is 0 Å². The van der Waals surface area contributed by atoms with E-state index >= 15 is 0 Å². The molecule has 2 heteroatoms. The molecule has 59 valence electrons. The van der Waals surface area contributed by atoms with Gasteiger partial charge in [-0.15, -0.1) is 0 Å². The molecular weight excluding hydrogens is 126 g/mol. The molecule has 0 fully saturated rings. The van der Waals surface area contributed by atoms with Crippen LogP contribution in [0.1, 0.15) is 40.0 Å². The van der Waals surface area contributed by atoms with Gasteiger partial charge in [0.25, 0.3) is 0 Å². The van der Waals surface area contributed by atoms with Gasteiger partial charge in [-0.3, -0.25) is 0 Å². The lowest BCUT2D eigenvalue weighted by Gasteiger charge is -1.98. The van der Waals surface area contributed by atoms with Gasteiger partial charge in [0.05, 0.1) is 0 Å². The number of hydrogen-bond donors (Lipinski definition) is 0. The van der Waals surface area contributed by atoms with Crippen molar-refractivity contribution in [1.82, 2.24) is 0 Å². The summed E-state index contributed by atoms with van der Waals surface area (Å²) in [6, 6.07) is 0. The molecule has 0 amide bonds. The monoisotopic (exact) mass is 142 g/mol. The fraction of sp³-hybridized carbons (Fsp3) is 0.875. The molecule has 0 aromatic carbocycles. The lowest BCUT2D eigenvalue weighted by Crippen LogP contribution is -1.95. The van der Waals surface area contributed by atoms with Crippen LogP contribution in [0.15, 0.2) is 5.16 Å². The number of hydrogen-bond acceptors (Lipinski definition) is 2. The van der Waals surface area contributed by atoms with E-state index in [1.54, 1.807) is 0 Å². The molecule has 0 atom stereocenters. The zero-order valence-electron chi connectivity index (χ0n) is 7.05. The van der Waals surface area contributed by atoms with Crippen molar-refractivity contribution in [3.05, 3.63) is 0 Å². The van der Waals surface area contributed by atoms with Gasteiger partial charge in [-0.05, 0) is 26.7 Å². The van der Waals surface area contributed by atoms with Gasteiger partial charge >= 0.3 is 0 Å². The molecule has 0 aromatic heterocycles. The Hall–Kier alpha value is -0.530. The van der Waals surface area contributed by atoms with Gasteiger partial charge in [-0.1, -0.05) is 18.5 Å². The molecule has 0 unspecified atom stereocenters. The molecule has 0 spiro atoms. The summed E-state index contributed by atoms with van der Waals surface area (Å²) in [7, 11) is 0. The lowest BCUT2D eigenvalue weighted by atomic mass is 10.3. The van der Waals surface area contributed by atoms with E-state index in [0.717, 1.165) is 12.8 Å². The zero-order chi connectivity index (χ0) is 7.82. The van der Waals surface area contributed by atoms with Crippen LogP contribution in [0.5, 0.6) is 0 Å². The normalized spacial score (nSPS) is 11.2. The minimum atomic E-state index is 0.175. The first-order chi connectivity index (χ1) is 4.77. The van der Waals surface area contributed by atoms with Crippen LogP contribution in [0.25, 0.3) is 0 Å². The first-order valence-electron chi connectivity index (χ1n) is 3.86. The molecule has 10 heavy (non-hydrogen) atoms. The van der Waals surface area contributed by atoms with Gasteiger partial charge in [-0.2, -0.15) is 0 Å². The van der Waals surface area contributed by atoms with Gasteiger partial charge in [0, 0.05) is 0 Å². The van der Waals surface area contributed by atoms with Gasteiger partial charge in [0.2, 0.25) is 0 Å². The molecule has 1 radical (unpaired) electrons. The largest absolute Gasteiger partial charge is 0.393 e.